The molecule has 1 rings (SSSR count). The minimum absolute atomic E-state index is 0.446. The zero-order valence-electron chi connectivity index (χ0n) is 11.4. The van der Waals surface area contributed by atoms with Crippen molar-refractivity contribution in [1.82, 2.24) is 0 Å². The topological polar surface area (TPSA) is 38.3 Å². The van der Waals surface area contributed by atoms with E-state index in [0.29, 0.717) is 0 Å². The highest BCUT2D eigenvalue weighted by atomic mass is 16.5. The van der Waals surface area contributed by atoms with Gasteiger partial charge >= 0.3 is 6.09 Å². The number of hydrogen-bond acceptors (Lipinski definition) is 2. The second-order valence-corrected chi connectivity index (χ2v) is 4.28. The van der Waals surface area contributed by atoms with E-state index in [1.807, 2.05) is 31.2 Å². The van der Waals surface area contributed by atoms with Gasteiger partial charge in [0.05, 0.1) is 7.11 Å². The molecule has 0 atom stereocenters. The zero-order chi connectivity index (χ0) is 13.3. The molecule has 0 heterocycles. The number of carbonyl (C=O) groups excluding carboxylic acids is 1. The van der Waals surface area contributed by atoms with Crippen molar-refractivity contribution in [2.24, 2.45) is 5.92 Å². The lowest BCUT2D eigenvalue weighted by Gasteiger charge is -2.02. The van der Waals surface area contributed by atoms with Gasteiger partial charge in [0.2, 0.25) is 0 Å². The first-order chi connectivity index (χ1) is 7.99. The maximum atomic E-state index is 10.7. The van der Waals surface area contributed by atoms with Crippen LogP contribution in [0.3, 0.4) is 0 Å². The van der Waals surface area contributed by atoms with Crippen LogP contribution in [0.5, 0.6) is 0 Å². The van der Waals surface area contributed by atoms with Gasteiger partial charge in [-0.1, -0.05) is 44.9 Å². The Hall–Kier alpha value is -1.51. The van der Waals surface area contributed by atoms with E-state index in [9.17, 15) is 4.79 Å². The lowest BCUT2D eigenvalue weighted by atomic mass is 10.2. The minimum Gasteiger partial charge on any atom is -0.453 e. The number of rotatable bonds is 2. The predicted molar refractivity (Wildman–Crippen MR) is 72.3 cm³/mol. The van der Waals surface area contributed by atoms with Crippen LogP contribution in [-0.2, 0) is 4.74 Å². The number of amides is 1. The molecule has 1 aromatic rings. The maximum absolute atomic E-state index is 10.7. The van der Waals surface area contributed by atoms with Gasteiger partial charge in [0.15, 0.2) is 0 Å². The van der Waals surface area contributed by atoms with Crippen molar-refractivity contribution >= 4 is 11.8 Å². The molecule has 0 aliphatic rings. The SMILES string of the molecule is CCC(C)C.COC(=O)Nc1ccc(C)cc1. The summed E-state index contributed by atoms with van der Waals surface area (Å²) in [5.74, 6) is 0.884. The molecule has 0 spiro atoms. The van der Waals surface area contributed by atoms with Gasteiger partial charge < -0.3 is 4.74 Å². The fourth-order valence-electron chi connectivity index (χ4n) is 0.806. The van der Waals surface area contributed by atoms with Crippen LogP contribution < -0.4 is 5.32 Å². The predicted octanol–water partition coefficient (Wildman–Crippen LogP) is 4.23. The Morgan fingerprint density at radius 2 is 1.76 bits per heavy atom. The molecule has 0 saturated heterocycles. The van der Waals surface area contributed by atoms with E-state index in [2.05, 4.69) is 30.8 Å². The smallest absolute Gasteiger partial charge is 0.411 e. The summed E-state index contributed by atoms with van der Waals surface area (Å²) < 4.78 is 4.43. The molecule has 0 aliphatic carbocycles. The molecule has 0 unspecified atom stereocenters. The highest BCUT2D eigenvalue weighted by Gasteiger charge is 1.98. The van der Waals surface area contributed by atoms with Crippen molar-refractivity contribution in [3.63, 3.8) is 0 Å². The molecule has 0 bridgehead atoms. The Bertz CT molecular complexity index is 317. The number of aryl methyl sites for hydroxylation is 1. The molecule has 0 radical (unpaired) electrons. The normalized spacial score (nSPS) is 9.29. The van der Waals surface area contributed by atoms with Gasteiger partial charge in [-0.15, -0.1) is 0 Å². The van der Waals surface area contributed by atoms with Gasteiger partial charge in [-0.05, 0) is 25.0 Å². The van der Waals surface area contributed by atoms with Gasteiger partial charge in [-0.2, -0.15) is 0 Å². The number of carbonyl (C=O) groups is 1. The van der Waals surface area contributed by atoms with Crippen LogP contribution in [0, 0.1) is 12.8 Å². The summed E-state index contributed by atoms with van der Waals surface area (Å²) in [6.07, 6.45) is 0.860. The quantitative estimate of drug-likeness (QED) is 0.836. The van der Waals surface area contributed by atoms with Gasteiger partial charge in [0.1, 0.15) is 0 Å². The van der Waals surface area contributed by atoms with Crippen molar-refractivity contribution in [2.45, 2.75) is 34.1 Å². The fourth-order valence-corrected chi connectivity index (χ4v) is 0.806. The highest BCUT2D eigenvalue weighted by molar-refractivity contribution is 5.84. The summed E-state index contributed by atoms with van der Waals surface area (Å²) in [4.78, 5) is 10.7. The van der Waals surface area contributed by atoms with Crippen LogP contribution >= 0.6 is 0 Å². The fraction of sp³-hybridized carbons (Fsp3) is 0.500. The molecule has 17 heavy (non-hydrogen) atoms. The summed E-state index contributed by atoms with van der Waals surface area (Å²) in [5.41, 5.74) is 1.90. The summed E-state index contributed by atoms with van der Waals surface area (Å²) >= 11 is 0. The summed E-state index contributed by atoms with van der Waals surface area (Å²) in [7, 11) is 1.34. The van der Waals surface area contributed by atoms with E-state index in [1.165, 1.54) is 13.5 Å². The van der Waals surface area contributed by atoms with Gasteiger partial charge in [0, 0.05) is 5.69 Å². The molecule has 3 nitrogen and oxygen atoms in total. The molecule has 0 aliphatic heterocycles. The number of anilines is 1. The van der Waals surface area contributed by atoms with Crippen molar-refractivity contribution in [1.29, 1.82) is 0 Å². The van der Waals surface area contributed by atoms with E-state index >= 15 is 0 Å². The van der Waals surface area contributed by atoms with E-state index in [1.54, 1.807) is 0 Å². The minimum atomic E-state index is -0.446. The number of methoxy groups -OCH3 is 1. The van der Waals surface area contributed by atoms with Gasteiger partial charge in [-0.25, -0.2) is 4.79 Å². The highest BCUT2D eigenvalue weighted by Crippen LogP contribution is 2.08. The Labute approximate surface area is 104 Å². The number of ether oxygens (including phenoxy) is 1. The first-order valence-corrected chi connectivity index (χ1v) is 5.91. The monoisotopic (exact) mass is 237 g/mol. The molecular formula is C14H23NO2. The van der Waals surface area contributed by atoms with E-state index in [4.69, 9.17) is 0 Å². The number of nitrogens with one attached hydrogen (secondary N) is 1. The lowest BCUT2D eigenvalue weighted by Crippen LogP contribution is -2.10. The van der Waals surface area contributed by atoms with Crippen LogP contribution in [-0.4, -0.2) is 13.2 Å². The molecule has 3 heteroatoms. The average Bonchev–Trinajstić information content (AvgIpc) is 2.32. The molecule has 0 fully saturated rings. The van der Waals surface area contributed by atoms with Crippen LogP contribution in [0.2, 0.25) is 0 Å². The van der Waals surface area contributed by atoms with Crippen molar-refractivity contribution in [3.8, 4) is 0 Å². The molecular weight excluding hydrogens is 214 g/mol. The average molecular weight is 237 g/mol. The Morgan fingerprint density at radius 1 is 1.29 bits per heavy atom. The van der Waals surface area contributed by atoms with Crippen LogP contribution in [0.4, 0.5) is 10.5 Å². The Kier molecular flexibility index (Phi) is 7.85. The Morgan fingerprint density at radius 3 is 2.12 bits per heavy atom. The first kappa shape index (κ1) is 15.5. The standard InChI is InChI=1S/C9H11NO2.C5H12/c1-7-3-5-8(6-4-7)10-9(11)12-2;1-4-5(2)3/h3-6H,1-2H3,(H,10,11);5H,4H2,1-3H3. The van der Waals surface area contributed by atoms with E-state index in [-0.39, 0.29) is 0 Å². The Balaban J connectivity index is 0.000000437. The third kappa shape index (κ3) is 8.31. The summed E-state index contributed by atoms with van der Waals surface area (Å²) in [6, 6.07) is 7.50. The second kappa shape index (κ2) is 8.62. The van der Waals surface area contributed by atoms with Crippen LogP contribution in [0.15, 0.2) is 24.3 Å². The summed E-state index contributed by atoms with van der Waals surface area (Å²) in [6.45, 7) is 8.63. The molecule has 96 valence electrons. The molecule has 1 aromatic carbocycles. The zero-order valence-corrected chi connectivity index (χ0v) is 11.4. The van der Waals surface area contributed by atoms with Gasteiger partial charge in [0.25, 0.3) is 0 Å². The van der Waals surface area contributed by atoms with Crippen molar-refractivity contribution in [2.75, 3.05) is 12.4 Å². The third-order valence-electron chi connectivity index (χ3n) is 2.30. The number of benzene rings is 1. The largest absolute Gasteiger partial charge is 0.453 e. The lowest BCUT2D eigenvalue weighted by molar-refractivity contribution is 0.187. The molecule has 0 saturated carbocycles. The van der Waals surface area contributed by atoms with E-state index < -0.39 is 6.09 Å². The first-order valence-electron chi connectivity index (χ1n) is 5.91. The third-order valence-corrected chi connectivity index (χ3v) is 2.30. The van der Waals surface area contributed by atoms with Gasteiger partial charge in [-0.3, -0.25) is 5.32 Å². The van der Waals surface area contributed by atoms with Crippen LogP contribution in [0.25, 0.3) is 0 Å². The van der Waals surface area contributed by atoms with Crippen molar-refractivity contribution < 1.29 is 9.53 Å². The number of hydrogen-bond donors (Lipinski definition) is 1. The molecule has 1 N–H and O–H groups in total. The molecule has 0 aromatic heterocycles. The molecule has 1 amide bonds. The van der Waals surface area contributed by atoms with Crippen molar-refractivity contribution in [3.05, 3.63) is 29.8 Å². The van der Waals surface area contributed by atoms with Crippen LogP contribution in [0.1, 0.15) is 32.8 Å². The van der Waals surface area contributed by atoms with E-state index in [0.717, 1.165) is 17.2 Å². The maximum Gasteiger partial charge on any atom is 0.411 e. The second-order valence-electron chi connectivity index (χ2n) is 4.28. The summed E-state index contributed by atoms with van der Waals surface area (Å²) in [5, 5.41) is 2.56.